The highest BCUT2D eigenvalue weighted by Crippen LogP contribution is 2.26. The van der Waals surface area contributed by atoms with E-state index < -0.39 is 0 Å². The Labute approximate surface area is 55.5 Å². The van der Waals surface area contributed by atoms with Crippen LogP contribution in [0.15, 0.2) is 24.3 Å². The molecule has 2 aliphatic rings. The van der Waals surface area contributed by atoms with Gasteiger partial charge >= 0.3 is 0 Å². The number of rotatable bonds is 0. The highest BCUT2D eigenvalue weighted by atomic mass is 14.9. The zero-order valence-corrected chi connectivity index (χ0v) is 5.30. The highest BCUT2D eigenvalue weighted by Gasteiger charge is 2.23. The highest BCUT2D eigenvalue weighted by molar-refractivity contribution is 5.28. The van der Waals surface area contributed by atoms with E-state index in [1.54, 1.807) is 0 Å². The molecule has 0 aromatic heterocycles. The minimum Gasteiger partial charge on any atom is -0.306 e. The average molecular weight is 120 g/mol. The van der Waals surface area contributed by atoms with Gasteiger partial charge in [-0.25, -0.2) is 0 Å². The minimum absolute atomic E-state index is 0.704. The van der Waals surface area contributed by atoms with Crippen molar-refractivity contribution < 1.29 is 0 Å². The van der Waals surface area contributed by atoms with Crippen LogP contribution in [-0.4, -0.2) is 6.54 Å². The van der Waals surface area contributed by atoms with E-state index in [1.165, 1.54) is 12.5 Å². The lowest BCUT2D eigenvalue weighted by molar-refractivity contribution is 0.742. The molecule has 0 aromatic rings. The minimum atomic E-state index is 0.704. The molecule has 0 aromatic carbocycles. The zero-order valence-electron chi connectivity index (χ0n) is 5.30. The Morgan fingerprint density at radius 2 is 2.44 bits per heavy atom. The van der Waals surface area contributed by atoms with Crippen molar-refractivity contribution in [3.8, 4) is 0 Å². The summed E-state index contributed by atoms with van der Waals surface area (Å²) in [4.78, 5) is 0. The molecule has 2 rings (SSSR count). The van der Waals surface area contributed by atoms with Gasteiger partial charge in [0, 0.05) is 5.92 Å². The number of hydrogen-bond acceptors (Lipinski definition) is 1. The van der Waals surface area contributed by atoms with Crippen LogP contribution in [0.5, 0.6) is 0 Å². The van der Waals surface area contributed by atoms with Crippen molar-refractivity contribution in [2.24, 2.45) is 5.92 Å². The number of nitrogens with one attached hydrogen (secondary N) is 1. The number of allylic oxidation sites excluding steroid dienone is 2. The van der Waals surface area contributed by atoms with Gasteiger partial charge in [0.2, 0.25) is 0 Å². The fourth-order valence-corrected chi connectivity index (χ4v) is 1.40. The Morgan fingerprint density at radius 3 is 3.33 bits per heavy atom. The maximum absolute atomic E-state index is 3.34. The van der Waals surface area contributed by atoms with E-state index in [-0.39, 0.29) is 0 Å². The fraction of sp³-hybridized carbons (Fsp3) is 0.375. The first-order valence-electron chi connectivity index (χ1n) is 3.42. The van der Waals surface area contributed by atoms with E-state index in [4.69, 9.17) is 0 Å². The van der Waals surface area contributed by atoms with Crippen LogP contribution >= 0.6 is 0 Å². The molecule has 1 N–H and O–H groups in total. The Kier molecular flexibility index (Phi) is 1.16. The molecule has 1 atom stereocenters. The summed E-state index contributed by atoms with van der Waals surface area (Å²) in [6.45, 7) is 1.15. The van der Waals surface area contributed by atoms with E-state index in [9.17, 15) is 0 Å². The third-order valence-corrected chi connectivity index (χ3v) is 1.91. The van der Waals surface area contributed by atoms with Crippen LogP contribution in [-0.2, 0) is 0 Å². The molecule has 9 heavy (non-hydrogen) atoms. The molecule has 0 bridgehead atoms. The first kappa shape index (κ1) is 5.24. The topological polar surface area (TPSA) is 12.0 Å². The van der Waals surface area contributed by atoms with Gasteiger partial charge in [0.1, 0.15) is 0 Å². The molecule has 1 aliphatic heterocycles. The van der Waals surface area contributed by atoms with Crippen molar-refractivity contribution in [2.75, 3.05) is 6.54 Å². The summed E-state index contributed by atoms with van der Waals surface area (Å²) in [7, 11) is 0. The molecule has 0 amide bonds. The van der Waals surface area contributed by atoms with Crippen LogP contribution in [0.4, 0.5) is 0 Å². The molecule has 1 unspecified atom stereocenters. The molecule has 1 radical (unpaired) electrons. The predicted octanol–water partition coefficient (Wildman–Crippen LogP) is 1.25. The summed E-state index contributed by atoms with van der Waals surface area (Å²) >= 11 is 0. The Balaban J connectivity index is 2.18. The summed E-state index contributed by atoms with van der Waals surface area (Å²) in [6.07, 6.45) is 9.91. The van der Waals surface area contributed by atoms with E-state index in [0.29, 0.717) is 5.92 Å². The van der Waals surface area contributed by atoms with Crippen molar-refractivity contribution in [3.05, 3.63) is 30.3 Å². The molecule has 0 spiro atoms. The molecule has 1 aliphatic carbocycles. The second kappa shape index (κ2) is 1.99. The van der Waals surface area contributed by atoms with E-state index in [0.717, 1.165) is 6.54 Å². The summed E-state index contributed by atoms with van der Waals surface area (Å²) in [5.74, 6) is 0.704. The fourth-order valence-electron chi connectivity index (χ4n) is 1.40. The Morgan fingerprint density at radius 1 is 1.44 bits per heavy atom. The molecule has 1 heterocycles. The van der Waals surface area contributed by atoms with Crippen LogP contribution < -0.4 is 5.32 Å². The van der Waals surface area contributed by atoms with Gasteiger partial charge in [-0.2, -0.15) is 0 Å². The van der Waals surface area contributed by atoms with E-state index in [2.05, 4.69) is 29.6 Å². The molecule has 1 nitrogen and oxygen atoms in total. The second-order valence-electron chi connectivity index (χ2n) is 2.52. The SMILES string of the molecule is C1=C[C]2NCCC2C=C1. The summed E-state index contributed by atoms with van der Waals surface area (Å²) in [6, 6.07) is 1.40. The first-order valence-corrected chi connectivity index (χ1v) is 3.42. The maximum atomic E-state index is 3.34. The van der Waals surface area contributed by atoms with Gasteiger partial charge in [-0.15, -0.1) is 0 Å². The van der Waals surface area contributed by atoms with Crippen LogP contribution in [0, 0.1) is 12.0 Å². The maximum Gasteiger partial charge on any atom is 0.0658 e. The molecule has 1 heteroatoms. The summed E-state index contributed by atoms with van der Waals surface area (Å²) in [5.41, 5.74) is 0. The quantitative estimate of drug-likeness (QED) is 0.507. The lowest BCUT2D eigenvalue weighted by Gasteiger charge is -2.12. The predicted molar refractivity (Wildman–Crippen MR) is 37.6 cm³/mol. The van der Waals surface area contributed by atoms with Crippen LogP contribution in [0.2, 0.25) is 0 Å². The molecular weight excluding hydrogens is 110 g/mol. The Hall–Kier alpha value is -0.560. The number of fused-ring (bicyclic) bond motifs is 1. The van der Waals surface area contributed by atoms with Gasteiger partial charge in [-0.1, -0.05) is 24.3 Å². The van der Waals surface area contributed by atoms with Crippen LogP contribution in [0.1, 0.15) is 6.42 Å². The lowest BCUT2D eigenvalue weighted by Crippen LogP contribution is -2.14. The second-order valence-corrected chi connectivity index (χ2v) is 2.52. The molecule has 1 saturated heterocycles. The molecule has 1 fully saturated rings. The van der Waals surface area contributed by atoms with Gasteiger partial charge in [0.15, 0.2) is 0 Å². The van der Waals surface area contributed by atoms with Gasteiger partial charge in [-0.05, 0) is 13.0 Å². The van der Waals surface area contributed by atoms with Crippen LogP contribution in [0.25, 0.3) is 0 Å². The molecule has 47 valence electrons. The van der Waals surface area contributed by atoms with E-state index >= 15 is 0 Å². The number of hydrogen-bond donors (Lipinski definition) is 1. The largest absolute Gasteiger partial charge is 0.306 e. The average Bonchev–Trinajstić information content (AvgIpc) is 2.33. The van der Waals surface area contributed by atoms with Gasteiger partial charge in [0.25, 0.3) is 0 Å². The Bertz CT molecular complexity index is 140. The molecular formula is C8H10N. The normalized spacial score (nSPS) is 33.1. The van der Waals surface area contributed by atoms with Crippen molar-refractivity contribution in [3.63, 3.8) is 0 Å². The first-order chi connectivity index (χ1) is 4.47. The summed E-state index contributed by atoms with van der Waals surface area (Å²) in [5, 5.41) is 3.34. The van der Waals surface area contributed by atoms with Gasteiger partial charge in [0.05, 0.1) is 6.04 Å². The van der Waals surface area contributed by atoms with Crippen molar-refractivity contribution >= 4 is 0 Å². The monoisotopic (exact) mass is 120 g/mol. The van der Waals surface area contributed by atoms with Gasteiger partial charge in [-0.3, -0.25) is 0 Å². The third kappa shape index (κ3) is 0.815. The standard InChI is InChI=1S/C8H10N/c1-2-4-8-7(3-1)5-6-9-8/h1-4,7,9H,5-6H2. The van der Waals surface area contributed by atoms with Crippen molar-refractivity contribution in [1.82, 2.24) is 5.32 Å². The van der Waals surface area contributed by atoms with Gasteiger partial charge < -0.3 is 5.32 Å². The van der Waals surface area contributed by atoms with Crippen LogP contribution in [0.3, 0.4) is 0 Å². The zero-order chi connectivity index (χ0) is 6.10. The van der Waals surface area contributed by atoms with Crippen molar-refractivity contribution in [1.29, 1.82) is 0 Å². The third-order valence-electron chi connectivity index (χ3n) is 1.91. The molecule has 0 saturated carbocycles. The summed E-state index contributed by atoms with van der Waals surface area (Å²) < 4.78 is 0. The van der Waals surface area contributed by atoms with E-state index in [1.807, 2.05) is 0 Å². The lowest BCUT2D eigenvalue weighted by atomic mass is 9.97. The smallest absolute Gasteiger partial charge is 0.0658 e. The van der Waals surface area contributed by atoms with Crippen molar-refractivity contribution in [2.45, 2.75) is 6.42 Å².